The Hall–Kier alpha value is -1.43. The van der Waals surface area contributed by atoms with Crippen LogP contribution in [0.2, 0.25) is 0 Å². The fraction of sp³-hybridized carbons (Fsp3) is 0.455. The Bertz CT molecular complexity index is 610. The highest BCUT2D eigenvalue weighted by Crippen LogP contribution is 2.17. The molecule has 8 heteroatoms. The molecular weight excluding hydrogens is 288 g/mol. The predicted molar refractivity (Wildman–Crippen MR) is 73.6 cm³/mol. The van der Waals surface area contributed by atoms with Gasteiger partial charge in [0.15, 0.2) is 15.0 Å². The lowest BCUT2D eigenvalue weighted by molar-refractivity contribution is -0.115. The number of carbonyl (C=O) groups excluding carboxylic acids is 1. The third-order valence-electron chi connectivity index (χ3n) is 2.20. The molecule has 1 heterocycles. The first-order valence-corrected chi connectivity index (χ1v) is 8.17. The summed E-state index contributed by atoms with van der Waals surface area (Å²) in [6, 6.07) is 0. The Morgan fingerprint density at radius 2 is 2.32 bits per heavy atom. The summed E-state index contributed by atoms with van der Waals surface area (Å²) >= 11 is 1.15. The molecule has 0 aliphatic carbocycles. The molecule has 0 radical (unpaired) electrons. The third-order valence-corrected chi connectivity index (χ3v) is 4.52. The molecule has 1 amide bonds. The van der Waals surface area contributed by atoms with Crippen LogP contribution in [0.4, 0.5) is 5.13 Å². The third kappa shape index (κ3) is 4.98. The number of hydrogen-bond donors (Lipinski definition) is 2. The molecule has 0 saturated heterocycles. The molecule has 0 bridgehead atoms. The number of thiazole rings is 1. The molecule has 0 saturated carbocycles. The van der Waals surface area contributed by atoms with Crippen LogP contribution in [-0.4, -0.2) is 42.5 Å². The van der Waals surface area contributed by atoms with Crippen molar-refractivity contribution in [2.24, 2.45) is 0 Å². The van der Waals surface area contributed by atoms with E-state index in [2.05, 4.69) is 22.1 Å². The molecule has 0 spiro atoms. The van der Waals surface area contributed by atoms with E-state index in [-0.39, 0.29) is 6.61 Å². The number of aliphatic hydroxyl groups excluding tert-OH is 1. The number of carbonyl (C=O) groups is 1. The number of hydrogen-bond acceptors (Lipinski definition) is 6. The largest absolute Gasteiger partial charge is 0.395 e. The lowest BCUT2D eigenvalue weighted by atomic mass is 10.4. The normalized spacial score (nSPS) is 12.4. The maximum Gasteiger partial charge on any atom is 0.244 e. The lowest BCUT2D eigenvalue weighted by Gasteiger charge is -2.07. The number of sulfone groups is 1. The van der Waals surface area contributed by atoms with Gasteiger partial charge in [-0.1, -0.05) is 23.2 Å². The fourth-order valence-electron chi connectivity index (χ4n) is 0.997. The number of amides is 1. The second kappa shape index (κ2) is 6.65. The van der Waals surface area contributed by atoms with E-state index in [1.807, 2.05) is 0 Å². The van der Waals surface area contributed by atoms with E-state index in [0.717, 1.165) is 17.6 Å². The van der Waals surface area contributed by atoms with Crippen molar-refractivity contribution < 1.29 is 18.3 Å². The lowest BCUT2D eigenvalue weighted by Crippen LogP contribution is -2.31. The molecular formula is C11H14N2O4S2. The van der Waals surface area contributed by atoms with Crippen molar-refractivity contribution in [2.75, 3.05) is 18.2 Å². The van der Waals surface area contributed by atoms with Gasteiger partial charge < -0.3 is 10.4 Å². The smallest absolute Gasteiger partial charge is 0.244 e. The maximum atomic E-state index is 11.6. The Morgan fingerprint density at radius 3 is 2.89 bits per heavy atom. The van der Waals surface area contributed by atoms with Gasteiger partial charge in [-0.25, -0.2) is 13.4 Å². The number of nitrogens with one attached hydrogen (secondary N) is 1. The van der Waals surface area contributed by atoms with Gasteiger partial charge in [-0.2, -0.15) is 0 Å². The van der Waals surface area contributed by atoms with E-state index >= 15 is 0 Å². The summed E-state index contributed by atoms with van der Waals surface area (Å²) < 4.78 is 22.4. The molecule has 0 aliphatic rings. The monoisotopic (exact) mass is 302 g/mol. The molecule has 104 valence electrons. The van der Waals surface area contributed by atoms with Gasteiger partial charge in [0.05, 0.1) is 17.7 Å². The van der Waals surface area contributed by atoms with Crippen LogP contribution >= 0.6 is 11.3 Å². The zero-order valence-corrected chi connectivity index (χ0v) is 12.1. The number of aliphatic hydroxyl groups is 1. The van der Waals surface area contributed by atoms with Crippen molar-refractivity contribution >= 4 is 32.2 Å². The van der Waals surface area contributed by atoms with E-state index in [0.29, 0.717) is 16.4 Å². The van der Waals surface area contributed by atoms with E-state index in [9.17, 15) is 13.2 Å². The van der Waals surface area contributed by atoms with Crippen LogP contribution in [0, 0.1) is 11.8 Å². The SMILES string of the molecule is CC(C(=O)Nc1ncc(C#CCCO)s1)S(C)(=O)=O. The van der Waals surface area contributed by atoms with Gasteiger partial charge in [-0.15, -0.1) is 0 Å². The van der Waals surface area contributed by atoms with Gasteiger partial charge in [0, 0.05) is 12.7 Å². The van der Waals surface area contributed by atoms with Crippen molar-refractivity contribution in [3.05, 3.63) is 11.1 Å². The molecule has 1 atom stereocenters. The number of rotatable bonds is 4. The average Bonchev–Trinajstić information content (AvgIpc) is 2.75. The van der Waals surface area contributed by atoms with Crippen LogP contribution < -0.4 is 5.32 Å². The maximum absolute atomic E-state index is 11.6. The molecule has 19 heavy (non-hydrogen) atoms. The second-order valence-electron chi connectivity index (χ2n) is 3.77. The van der Waals surface area contributed by atoms with Crippen LogP contribution in [0.5, 0.6) is 0 Å². The quantitative estimate of drug-likeness (QED) is 0.777. The molecule has 1 unspecified atom stereocenters. The van der Waals surface area contributed by atoms with Gasteiger partial charge >= 0.3 is 0 Å². The van der Waals surface area contributed by atoms with Crippen LogP contribution in [0.1, 0.15) is 18.2 Å². The summed E-state index contributed by atoms with van der Waals surface area (Å²) in [5.74, 6) is 4.88. The molecule has 6 nitrogen and oxygen atoms in total. The summed E-state index contributed by atoms with van der Waals surface area (Å²) in [5, 5.41) is 10.2. The van der Waals surface area contributed by atoms with Crippen LogP contribution in [-0.2, 0) is 14.6 Å². The first-order chi connectivity index (χ1) is 8.84. The van der Waals surface area contributed by atoms with Crippen molar-refractivity contribution in [1.82, 2.24) is 4.98 Å². The molecule has 1 rings (SSSR count). The van der Waals surface area contributed by atoms with Crippen LogP contribution in [0.3, 0.4) is 0 Å². The Kier molecular flexibility index (Phi) is 5.47. The number of aromatic nitrogens is 1. The Balaban J connectivity index is 2.70. The van der Waals surface area contributed by atoms with Gasteiger partial charge in [0.1, 0.15) is 5.25 Å². The summed E-state index contributed by atoms with van der Waals surface area (Å²) in [5.41, 5.74) is 0. The van der Waals surface area contributed by atoms with Crippen LogP contribution in [0.15, 0.2) is 6.20 Å². The zero-order chi connectivity index (χ0) is 14.5. The molecule has 0 fully saturated rings. The van der Waals surface area contributed by atoms with Gasteiger partial charge in [-0.05, 0) is 6.92 Å². The second-order valence-corrected chi connectivity index (χ2v) is 7.16. The molecule has 1 aromatic heterocycles. The first-order valence-electron chi connectivity index (χ1n) is 5.40. The predicted octanol–water partition coefficient (Wildman–Crippen LogP) is 0.249. The average molecular weight is 302 g/mol. The van der Waals surface area contributed by atoms with Crippen LogP contribution in [0.25, 0.3) is 0 Å². The summed E-state index contributed by atoms with van der Waals surface area (Å²) in [6.45, 7) is 1.31. The van der Waals surface area contributed by atoms with E-state index < -0.39 is 21.0 Å². The van der Waals surface area contributed by atoms with Crippen molar-refractivity contribution in [3.63, 3.8) is 0 Å². The van der Waals surface area contributed by atoms with Gasteiger partial charge in [0.25, 0.3) is 0 Å². The zero-order valence-electron chi connectivity index (χ0n) is 10.5. The minimum Gasteiger partial charge on any atom is -0.395 e. The number of nitrogens with zero attached hydrogens (tertiary/aromatic N) is 1. The highest BCUT2D eigenvalue weighted by molar-refractivity contribution is 7.92. The summed E-state index contributed by atoms with van der Waals surface area (Å²) in [6.07, 6.45) is 2.85. The summed E-state index contributed by atoms with van der Waals surface area (Å²) in [4.78, 5) is 16.2. The topological polar surface area (TPSA) is 96.4 Å². The minimum absolute atomic E-state index is 0.0126. The van der Waals surface area contributed by atoms with Crippen molar-refractivity contribution in [1.29, 1.82) is 0 Å². The van der Waals surface area contributed by atoms with Gasteiger partial charge in [0.2, 0.25) is 5.91 Å². The molecule has 1 aromatic rings. The van der Waals surface area contributed by atoms with E-state index in [4.69, 9.17) is 5.11 Å². The first kappa shape index (κ1) is 15.6. The Morgan fingerprint density at radius 1 is 1.63 bits per heavy atom. The molecule has 0 aromatic carbocycles. The summed E-state index contributed by atoms with van der Waals surface area (Å²) in [7, 11) is -3.42. The standard InChI is InChI=1S/C11H14N2O4S2/c1-8(19(2,16)17)10(15)13-11-12-7-9(18-11)5-3-4-6-14/h7-8,14H,4,6H2,1-2H3,(H,12,13,15). The highest BCUT2D eigenvalue weighted by Gasteiger charge is 2.24. The van der Waals surface area contributed by atoms with E-state index in [1.165, 1.54) is 13.1 Å². The van der Waals surface area contributed by atoms with E-state index in [1.54, 1.807) is 0 Å². The molecule has 0 aliphatic heterocycles. The minimum atomic E-state index is -3.42. The Labute approximate surface area is 115 Å². The number of anilines is 1. The van der Waals surface area contributed by atoms with Crippen molar-refractivity contribution in [3.8, 4) is 11.8 Å². The molecule has 2 N–H and O–H groups in total. The highest BCUT2D eigenvalue weighted by atomic mass is 32.2. The fourth-order valence-corrected chi connectivity index (χ4v) is 2.14. The van der Waals surface area contributed by atoms with Crippen molar-refractivity contribution in [2.45, 2.75) is 18.6 Å². The van der Waals surface area contributed by atoms with Gasteiger partial charge in [-0.3, -0.25) is 4.79 Å².